The molecular weight excluding hydrogens is 361 g/mol. The Balaban J connectivity index is 1.73. The van der Waals surface area contributed by atoms with Gasteiger partial charge in [0.15, 0.2) is 0 Å². The third-order valence-electron chi connectivity index (χ3n) is 3.81. The molecule has 0 aliphatic carbocycles. The third kappa shape index (κ3) is 4.01. The highest BCUT2D eigenvalue weighted by Crippen LogP contribution is 2.24. The molecule has 0 spiro atoms. The molecule has 1 saturated heterocycles. The topological polar surface area (TPSA) is 67.2 Å². The zero-order valence-electron chi connectivity index (χ0n) is 12.9. The lowest BCUT2D eigenvalue weighted by Crippen LogP contribution is -2.47. The number of halogens is 4. The first-order valence-electron chi connectivity index (χ1n) is 7.43. The number of anilines is 2. The highest BCUT2D eigenvalue weighted by atomic mass is 35.5. The zero-order chi connectivity index (χ0) is 18.0. The van der Waals surface area contributed by atoms with Crippen molar-refractivity contribution >= 4 is 23.1 Å². The van der Waals surface area contributed by atoms with Gasteiger partial charge in [0.05, 0.1) is 11.9 Å². The van der Waals surface area contributed by atoms with Crippen LogP contribution in [0, 0.1) is 0 Å². The van der Waals surface area contributed by atoms with Crippen LogP contribution in [0.1, 0.15) is 0 Å². The number of alkyl halides is 3. The van der Waals surface area contributed by atoms with Gasteiger partial charge >= 0.3 is 6.18 Å². The maximum absolute atomic E-state index is 12.4. The van der Waals surface area contributed by atoms with Crippen LogP contribution >= 0.6 is 11.6 Å². The van der Waals surface area contributed by atoms with E-state index in [4.69, 9.17) is 11.6 Å². The molecule has 1 aliphatic heterocycles. The third-order valence-corrected chi connectivity index (χ3v) is 4.16. The standard InChI is InChI=1S/C14H14ClF3N6O/c15-12-10(7-21-24(13(12)25)8-14(16,17)18)22-3-5-23(6-4-22)11-1-2-19-9-20-11/h1-2,7,9H,3-6,8H2. The molecule has 0 unspecified atom stereocenters. The van der Waals surface area contributed by atoms with Gasteiger partial charge in [-0.15, -0.1) is 0 Å². The molecule has 0 N–H and O–H groups in total. The maximum Gasteiger partial charge on any atom is 0.408 e. The molecule has 0 radical (unpaired) electrons. The Labute approximate surface area is 145 Å². The highest BCUT2D eigenvalue weighted by molar-refractivity contribution is 6.33. The van der Waals surface area contributed by atoms with Crippen molar-refractivity contribution in [2.75, 3.05) is 36.0 Å². The summed E-state index contributed by atoms with van der Waals surface area (Å²) in [6, 6.07) is 1.79. The summed E-state index contributed by atoms with van der Waals surface area (Å²) >= 11 is 6.00. The molecule has 1 aliphatic rings. The second-order valence-electron chi connectivity index (χ2n) is 5.46. The Kier molecular flexibility index (Phi) is 4.80. The average Bonchev–Trinajstić information content (AvgIpc) is 2.59. The van der Waals surface area contributed by atoms with Crippen LogP contribution in [0.5, 0.6) is 0 Å². The Hall–Kier alpha value is -2.36. The fraction of sp³-hybridized carbons (Fsp3) is 0.429. The van der Waals surface area contributed by atoms with Crippen molar-refractivity contribution < 1.29 is 13.2 Å². The van der Waals surface area contributed by atoms with Crippen molar-refractivity contribution in [3.63, 3.8) is 0 Å². The summed E-state index contributed by atoms with van der Waals surface area (Å²) in [7, 11) is 0. The van der Waals surface area contributed by atoms with E-state index in [1.54, 1.807) is 12.3 Å². The van der Waals surface area contributed by atoms with E-state index in [1.165, 1.54) is 12.5 Å². The summed E-state index contributed by atoms with van der Waals surface area (Å²) < 4.78 is 37.7. The predicted molar refractivity (Wildman–Crippen MR) is 86.0 cm³/mol. The Morgan fingerprint density at radius 3 is 2.44 bits per heavy atom. The molecule has 3 rings (SSSR count). The van der Waals surface area contributed by atoms with E-state index in [1.807, 2.05) is 9.80 Å². The SMILES string of the molecule is O=c1c(Cl)c(N2CCN(c3ccncn3)CC2)cnn1CC(F)(F)F. The molecule has 2 aromatic heterocycles. The number of nitrogens with zero attached hydrogens (tertiary/aromatic N) is 6. The molecule has 0 saturated carbocycles. The van der Waals surface area contributed by atoms with Crippen LogP contribution in [0.2, 0.25) is 5.02 Å². The van der Waals surface area contributed by atoms with Crippen molar-refractivity contribution in [2.24, 2.45) is 0 Å². The van der Waals surface area contributed by atoms with Crippen LogP contribution in [-0.4, -0.2) is 52.1 Å². The van der Waals surface area contributed by atoms with E-state index in [0.29, 0.717) is 36.5 Å². The Bertz CT molecular complexity index is 789. The van der Waals surface area contributed by atoms with Crippen LogP contribution < -0.4 is 15.4 Å². The van der Waals surface area contributed by atoms with Crippen LogP contribution in [0.25, 0.3) is 0 Å². The van der Waals surface area contributed by atoms with Gasteiger partial charge in [-0.25, -0.2) is 14.6 Å². The molecule has 0 amide bonds. The fourth-order valence-corrected chi connectivity index (χ4v) is 2.87. The smallest absolute Gasteiger partial charge is 0.365 e. The molecule has 0 bridgehead atoms. The van der Waals surface area contributed by atoms with Gasteiger partial charge in [0, 0.05) is 32.4 Å². The Morgan fingerprint density at radius 1 is 1.16 bits per heavy atom. The summed E-state index contributed by atoms with van der Waals surface area (Å²) in [5.74, 6) is 0.791. The number of hydrogen-bond donors (Lipinski definition) is 0. The van der Waals surface area contributed by atoms with Crippen LogP contribution in [0.15, 0.2) is 29.6 Å². The first kappa shape index (κ1) is 17.5. The van der Waals surface area contributed by atoms with Crippen molar-refractivity contribution in [3.8, 4) is 0 Å². The van der Waals surface area contributed by atoms with E-state index >= 15 is 0 Å². The first-order valence-corrected chi connectivity index (χ1v) is 7.81. The molecular formula is C14H14ClF3N6O. The number of aromatic nitrogens is 4. The molecule has 134 valence electrons. The lowest BCUT2D eigenvalue weighted by molar-refractivity contribution is -0.143. The fourth-order valence-electron chi connectivity index (χ4n) is 2.61. The number of rotatable bonds is 3. The van der Waals surface area contributed by atoms with Gasteiger partial charge in [0.1, 0.15) is 23.7 Å². The van der Waals surface area contributed by atoms with E-state index in [2.05, 4.69) is 15.1 Å². The van der Waals surface area contributed by atoms with Gasteiger partial charge in [-0.05, 0) is 6.07 Å². The predicted octanol–water partition coefficient (Wildman–Crippen LogP) is 1.58. The summed E-state index contributed by atoms with van der Waals surface area (Å²) in [4.78, 5) is 23.9. The van der Waals surface area contributed by atoms with Crippen molar-refractivity contribution in [2.45, 2.75) is 12.7 Å². The van der Waals surface area contributed by atoms with Crippen LogP contribution in [0.4, 0.5) is 24.7 Å². The molecule has 25 heavy (non-hydrogen) atoms. The first-order chi connectivity index (χ1) is 11.8. The molecule has 0 atom stereocenters. The van der Waals surface area contributed by atoms with E-state index in [0.717, 1.165) is 5.82 Å². The largest absolute Gasteiger partial charge is 0.408 e. The highest BCUT2D eigenvalue weighted by Gasteiger charge is 2.30. The van der Waals surface area contributed by atoms with E-state index in [9.17, 15) is 18.0 Å². The lowest BCUT2D eigenvalue weighted by Gasteiger charge is -2.36. The summed E-state index contributed by atoms with van der Waals surface area (Å²) in [5.41, 5.74) is -0.609. The molecule has 1 fully saturated rings. The zero-order valence-corrected chi connectivity index (χ0v) is 13.7. The quantitative estimate of drug-likeness (QED) is 0.812. The van der Waals surface area contributed by atoms with Crippen molar-refractivity contribution in [1.29, 1.82) is 0 Å². The minimum Gasteiger partial charge on any atom is -0.365 e. The number of hydrogen-bond acceptors (Lipinski definition) is 6. The Morgan fingerprint density at radius 2 is 1.84 bits per heavy atom. The maximum atomic E-state index is 12.4. The van der Waals surface area contributed by atoms with E-state index in [-0.39, 0.29) is 5.02 Å². The van der Waals surface area contributed by atoms with Gasteiger partial charge in [-0.3, -0.25) is 4.79 Å². The van der Waals surface area contributed by atoms with E-state index < -0.39 is 18.3 Å². The van der Waals surface area contributed by atoms with Gasteiger partial charge in [0.2, 0.25) is 0 Å². The average molecular weight is 375 g/mol. The van der Waals surface area contributed by atoms with Crippen LogP contribution in [0.3, 0.4) is 0 Å². The lowest BCUT2D eigenvalue weighted by atomic mass is 10.3. The van der Waals surface area contributed by atoms with Gasteiger partial charge < -0.3 is 9.80 Å². The second kappa shape index (κ2) is 6.87. The van der Waals surface area contributed by atoms with Gasteiger partial charge in [-0.1, -0.05) is 11.6 Å². The minimum absolute atomic E-state index is 0.255. The minimum atomic E-state index is -4.54. The van der Waals surface area contributed by atoms with Crippen molar-refractivity contribution in [3.05, 3.63) is 40.2 Å². The van der Waals surface area contributed by atoms with Crippen molar-refractivity contribution in [1.82, 2.24) is 19.7 Å². The summed E-state index contributed by atoms with van der Waals surface area (Å²) in [6.07, 6.45) is -0.223. The monoisotopic (exact) mass is 374 g/mol. The summed E-state index contributed by atoms with van der Waals surface area (Å²) in [5, 5.41) is 3.35. The van der Waals surface area contributed by atoms with Gasteiger partial charge in [-0.2, -0.15) is 18.3 Å². The molecule has 2 aromatic rings. The number of piperazine rings is 1. The summed E-state index contributed by atoms with van der Waals surface area (Å²) in [6.45, 7) is 0.855. The van der Waals surface area contributed by atoms with Crippen LogP contribution in [-0.2, 0) is 6.54 Å². The molecule has 11 heteroatoms. The normalized spacial score (nSPS) is 15.5. The molecule has 3 heterocycles. The molecule has 0 aromatic carbocycles. The van der Waals surface area contributed by atoms with Gasteiger partial charge in [0.25, 0.3) is 5.56 Å². The molecule has 7 nitrogen and oxygen atoms in total. The second-order valence-corrected chi connectivity index (χ2v) is 5.84.